The molecule has 3 heteroatoms. The minimum Gasteiger partial charge on any atom is -0.497 e. The Balaban J connectivity index is 2.55. The van der Waals surface area contributed by atoms with E-state index in [-0.39, 0.29) is 0 Å². The molecule has 0 aliphatic rings. The molecule has 0 bridgehead atoms. The molecule has 2 rings (SSSR count). The molecule has 0 spiro atoms. The van der Waals surface area contributed by atoms with E-state index in [2.05, 4.69) is 18.8 Å². The Kier molecular flexibility index (Phi) is 3.00. The topological polar surface area (TPSA) is 48.1 Å². The highest BCUT2D eigenvalue weighted by Gasteiger charge is 2.08. The van der Waals surface area contributed by atoms with E-state index in [1.165, 1.54) is 0 Å². The van der Waals surface area contributed by atoms with Crippen molar-refractivity contribution in [3.8, 4) is 17.0 Å². The molecule has 2 N–H and O–H groups in total. The van der Waals surface area contributed by atoms with Crippen LogP contribution in [-0.4, -0.2) is 12.1 Å². The van der Waals surface area contributed by atoms with Crippen molar-refractivity contribution in [2.75, 3.05) is 12.8 Å². The molecule has 0 saturated heterocycles. The number of rotatable bonds is 2. The Morgan fingerprint density at radius 1 is 1.12 bits per heavy atom. The predicted octanol–water partition coefficient (Wildman–Crippen LogP) is 2.96. The van der Waals surface area contributed by atoms with Gasteiger partial charge in [0.25, 0.3) is 0 Å². The van der Waals surface area contributed by atoms with Gasteiger partial charge in [-0.1, -0.05) is 0 Å². The monoisotopic (exact) mass is 228 g/mol. The fraction of sp³-hybridized carbons (Fsp3) is 0.214. The van der Waals surface area contributed by atoms with Gasteiger partial charge in [-0.05, 0) is 49.2 Å². The van der Waals surface area contributed by atoms with Gasteiger partial charge in [0.2, 0.25) is 0 Å². The minimum atomic E-state index is 0.678. The highest BCUT2D eigenvalue weighted by molar-refractivity contribution is 5.69. The Labute approximate surface area is 101 Å². The van der Waals surface area contributed by atoms with Crippen LogP contribution in [0.25, 0.3) is 11.3 Å². The van der Waals surface area contributed by atoms with Crippen molar-refractivity contribution >= 4 is 5.69 Å². The van der Waals surface area contributed by atoms with Crippen molar-refractivity contribution in [3.63, 3.8) is 0 Å². The molecule has 1 aromatic carbocycles. The Hall–Kier alpha value is -2.03. The van der Waals surface area contributed by atoms with Crippen LogP contribution in [0.15, 0.2) is 30.5 Å². The van der Waals surface area contributed by atoms with Gasteiger partial charge in [0, 0.05) is 5.56 Å². The number of nitrogens with two attached hydrogens (primary N) is 1. The van der Waals surface area contributed by atoms with Gasteiger partial charge in [0.05, 0.1) is 24.7 Å². The van der Waals surface area contributed by atoms with Crippen molar-refractivity contribution in [1.29, 1.82) is 0 Å². The lowest BCUT2D eigenvalue weighted by molar-refractivity contribution is 0.414. The SMILES string of the molecule is COc1cc(C)c(-c2ccc(N)cn2)c(C)c1. The number of benzene rings is 1. The molecular weight excluding hydrogens is 212 g/mol. The number of methoxy groups -OCH3 is 1. The number of pyridine rings is 1. The molecule has 1 aromatic heterocycles. The number of ether oxygens (including phenoxy) is 1. The van der Waals surface area contributed by atoms with E-state index in [4.69, 9.17) is 10.5 Å². The number of nitrogen functional groups attached to an aromatic ring is 1. The maximum atomic E-state index is 5.64. The summed E-state index contributed by atoms with van der Waals surface area (Å²) in [4.78, 5) is 4.36. The molecule has 0 fully saturated rings. The summed E-state index contributed by atoms with van der Waals surface area (Å²) in [5.74, 6) is 0.874. The third kappa shape index (κ3) is 2.23. The number of hydrogen-bond donors (Lipinski definition) is 1. The Morgan fingerprint density at radius 3 is 2.24 bits per heavy atom. The molecule has 0 aliphatic heterocycles. The summed E-state index contributed by atoms with van der Waals surface area (Å²) >= 11 is 0. The second-order valence-electron chi connectivity index (χ2n) is 4.11. The van der Waals surface area contributed by atoms with Gasteiger partial charge < -0.3 is 10.5 Å². The minimum absolute atomic E-state index is 0.678. The number of aromatic nitrogens is 1. The van der Waals surface area contributed by atoms with Gasteiger partial charge >= 0.3 is 0 Å². The lowest BCUT2D eigenvalue weighted by Gasteiger charge is -2.11. The van der Waals surface area contributed by atoms with Crippen molar-refractivity contribution in [2.45, 2.75) is 13.8 Å². The van der Waals surface area contributed by atoms with Crippen molar-refractivity contribution in [3.05, 3.63) is 41.6 Å². The van der Waals surface area contributed by atoms with Gasteiger partial charge in [0.1, 0.15) is 5.75 Å². The highest BCUT2D eigenvalue weighted by atomic mass is 16.5. The van der Waals surface area contributed by atoms with Crippen LogP contribution in [0.5, 0.6) is 5.75 Å². The molecular formula is C14H16N2O. The van der Waals surface area contributed by atoms with Crippen LogP contribution >= 0.6 is 0 Å². The molecule has 17 heavy (non-hydrogen) atoms. The molecule has 0 radical (unpaired) electrons. The molecule has 2 aromatic rings. The summed E-state index contributed by atoms with van der Waals surface area (Å²) in [5.41, 5.74) is 10.7. The Morgan fingerprint density at radius 2 is 1.76 bits per heavy atom. The fourth-order valence-corrected chi connectivity index (χ4v) is 2.00. The Bertz CT molecular complexity index is 509. The van der Waals surface area contributed by atoms with Crippen molar-refractivity contribution < 1.29 is 4.74 Å². The summed E-state index contributed by atoms with van der Waals surface area (Å²) in [6, 6.07) is 7.84. The lowest BCUT2D eigenvalue weighted by Crippen LogP contribution is -1.94. The first-order chi connectivity index (χ1) is 8.11. The number of anilines is 1. The lowest BCUT2D eigenvalue weighted by atomic mass is 9.99. The van der Waals surface area contributed by atoms with Crippen LogP contribution in [-0.2, 0) is 0 Å². The second kappa shape index (κ2) is 4.45. The van der Waals surface area contributed by atoms with Gasteiger partial charge in [-0.25, -0.2) is 0 Å². The molecule has 0 atom stereocenters. The largest absolute Gasteiger partial charge is 0.497 e. The summed E-state index contributed by atoms with van der Waals surface area (Å²) in [7, 11) is 1.68. The van der Waals surface area contributed by atoms with E-state index in [1.807, 2.05) is 24.3 Å². The first kappa shape index (κ1) is 11.5. The van der Waals surface area contributed by atoms with Crippen molar-refractivity contribution in [2.24, 2.45) is 0 Å². The summed E-state index contributed by atoms with van der Waals surface area (Å²) in [6.45, 7) is 4.12. The van der Waals surface area contributed by atoms with E-state index >= 15 is 0 Å². The standard InChI is InChI=1S/C14H16N2O/c1-9-6-12(17-3)7-10(2)14(9)13-5-4-11(15)8-16-13/h4-8H,15H2,1-3H3. The van der Waals surface area contributed by atoms with Gasteiger partial charge in [-0.2, -0.15) is 0 Å². The number of nitrogens with zero attached hydrogens (tertiary/aromatic N) is 1. The van der Waals surface area contributed by atoms with Crippen LogP contribution in [0.2, 0.25) is 0 Å². The quantitative estimate of drug-likeness (QED) is 0.859. The normalized spacial score (nSPS) is 10.3. The third-order valence-electron chi connectivity index (χ3n) is 2.78. The second-order valence-corrected chi connectivity index (χ2v) is 4.11. The zero-order chi connectivity index (χ0) is 12.4. The van der Waals surface area contributed by atoms with E-state index in [1.54, 1.807) is 13.3 Å². The molecule has 0 amide bonds. The zero-order valence-corrected chi connectivity index (χ0v) is 10.3. The van der Waals surface area contributed by atoms with E-state index < -0.39 is 0 Å². The van der Waals surface area contributed by atoms with Gasteiger partial charge in [-0.15, -0.1) is 0 Å². The average molecular weight is 228 g/mol. The van der Waals surface area contributed by atoms with E-state index in [0.29, 0.717) is 5.69 Å². The van der Waals surface area contributed by atoms with E-state index in [0.717, 1.165) is 28.1 Å². The first-order valence-electron chi connectivity index (χ1n) is 5.49. The first-order valence-corrected chi connectivity index (χ1v) is 5.49. The zero-order valence-electron chi connectivity index (χ0n) is 10.3. The van der Waals surface area contributed by atoms with Crippen LogP contribution in [0.4, 0.5) is 5.69 Å². The van der Waals surface area contributed by atoms with Crippen LogP contribution in [0.3, 0.4) is 0 Å². The maximum absolute atomic E-state index is 5.64. The molecule has 0 saturated carbocycles. The number of hydrogen-bond acceptors (Lipinski definition) is 3. The number of aryl methyl sites for hydroxylation is 2. The average Bonchev–Trinajstić information content (AvgIpc) is 2.30. The van der Waals surface area contributed by atoms with Crippen LogP contribution < -0.4 is 10.5 Å². The van der Waals surface area contributed by atoms with Gasteiger partial charge in [0.15, 0.2) is 0 Å². The molecule has 88 valence electrons. The van der Waals surface area contributed by atoms with Crippen LogP contribution in [0.1, 0.15) is 11.1 Å². The molecule has 0 unspecified atom stereocenters. The molecule has 0 aliphatic carbocycles. The third-order valence-corrected chi connectivity index (χ3v) is 2.78. The summed E-state index contributed by atoms with van der Waals surface area (Å²) < 4.78 is 5.25. The smallest absolute Gasteiger partial charge is 0.119 e. The summed E-state index contributed by atoms with van der Waals surface area (Å²) in [6.07, 6.45) is 1.68. The highest BCUT2D eigenvalue weighted by Crippen LogP contribution is 2.29. The van der Waals surface area contributed by atoms with Crippen molar-refractivity contribution in [1.82, 2.24) is 4.98 Å². The fourth-order valence-electron chi connectivity index (χ4n) is 2.00. The predicted molar refractivity (Wildman–Crippen MR) is 70.1 cm³/mol. The van der Waals surface area contributed by atoms with Gasteiger partial charge in [-0.3, -0.25) is 4.98 Å². The molecule has 1 heterocycles. The molecule has 3 nitrogen and oxygen atoms in total. The maximum Gasteiger partial charge on any atom is 0.119 e. The van der Waals surface area contributed by atoms with E-state index in [9.17, 15) is 0 Å². The summed E-state index contributed by atoms with van der Waals surface area (Å²) in [5, 5.41) is 0. The van der Waals surface area contributed by atoms with Crippen LogP contribution in [0, 0.1) is 13.8 Å².